The van der Waals surface area contributed by atoms with Gasteiger partial charge in [-0.15, -0.1) is 0 Å². The van der Waals surface area contributed by atoms with Crippen LogP contribution in [0.3, 0.4) is 0 Å². The molecule has 0 heterocycles. The van der Waals surface area contributed by atoms with Crippen molar-refractivity contribution >= 4 is 11.9 Å². The molecule has 0 aromatic rings. The number of carbonyl (C=O) groups excluding carboxylic acids is 1. The number of carbonyl (C=O) groups is 2. The monoisotopic (exact) mass is 242 g/mol. The number of rotatable bonds is 5. The van der Waals surface area contributed by atoms with Gasteiger partial charge in [-0.1, -0.05) is 0 Å². The third-order valence-electron chi connectivity index (χ3n) is 3.12. The van der Waals surface area contributed by atoms with Crippen molar-refractivity contribution in [3.8, 4) is 0 Å². The van der Waals surface area contributed by atoms with Crippen LogP contribution in [0.5, 0.6) is 0 Å². The predicted octanol–water partition coefficient (Wildman–Crippen LogP) is 0.864. The lowest BCUT2D eigenvalue weighted by atomic mass is 10.0. The van der Waals surface area contributed by atoms with E-state index < -0.39 is 5.97 Å². The van der Waals surface area contributed by atoms with Crippen LogP contribution in [0.15, 0.2) is 11.1 Å². The molecule has 0 saturated heterocycles. The summed E-state index contributed by atoms with van der Waals surface area (Å²) in [5, 5.41) is 11.5. The van der Waals surface area contributed by atoms with Gasteiger partial charge in [0, 0.05) is 23.2 Å². The van der Waals surface area contributed by atoms with Gasteiger partial charge in [-0.05, 0) is 41.8 Å². The summed E-state index contributed by atoms with van der Waals surface area (Å²) in [6.45, 7) is 7.39. The standard InChI is InChI=1S/C12H22N2O3/c1-8(9(2)11(16)17)10(15)13-7-12(3,4)14(5)6/h7H2,1-6H3,(H,13,15)(H,16,17). The molecule has 1 amide bonds. The molecule has 0 bridgehead atoms. The van der Waals surface area contributed by atoms with Crippen LogP contribution in [0, 0.1) is 0 Å². The minimum atomic E-state index is -1.07. The number of amides is 1. The van der Waals surface area contributed by atoms with Gasteiger partial charge in [0.15, 0.2) is 0 Å². The Morgan fingerprint density at radius 3 is 2.00 bits per heavy atom. The van der Waals surface area contributed by atoms with Crippen LogP contribution in [0.2, 0.25) is 0 Å². The molecule has 2 N–H and O–H groups in total. The normalized spacial score (nSPS) is 13.4. The van der Waals surface area contributed by atoms with Crippen LogP contribution in [0.1, 0.15) is 27.7 Å². The highest BCUT2D eigenvalue weighted by atomic mass is 16.4. The summed E-state index contributed by atoms with van der Waals surface area (Å²) < 4.78 is 0. The molecule has 0 aromatic heterocycles. The Balaban J connectivity index is 4.59. The highest BCUT2D eigenvalue weighted by molar-refractivity contribution is 6.01. The Hall–Kier alpha value is -1.36. The van der Waals surface area contributed by atoms with Gasteiger partial charge in [0.1, 0.15) is 0 Å². The molecule has 0 spiro atoms. The SMILES string of the molecule is CC(C(=O)O)=C(C)C(=O)NCC(C)(C)N(C)C. The fourth-order valence-electron chi connectivity index (χ4n) is 0.918. The molecular weight excluding hydrogens is 220 g/mol. The summed E-state index contributed by atoms with van der Waals surface area (Å²) in [7, 11) is 3.86. The molecule has 0 aliphatic heterocycles. The maximum absolute atomic E-state index is 11.7. The lowest BCUT2D eigenvalue weighted by Crippen LogP contribution is -2.48. The van der Waals surface area contributed by atoms with Crippen molar-refractivity contribution in [2.75, 3.05) is 20.6 Å². The zero-order chi connectivity index (χ0) is 13.8. The lowest BCUT2D eigenvalue weighted by molar-refractivity contribution is -0.133. The molecule has 0 saturated carbocycles. The van der Waals surface area contributed by atoms with Crippen molar-refractivity contribution in [1.82, 2.24) is 10.2 Å². The third-order valence-corrected chi connectivity index (χ3v) is 3.12. The number of nitrogens with zero attached hydrogens (tertiary/aromatic N) is 1. The van der Waals surface area contributed by atoms with Gasteiger partial charge in [-0.2, -0.15) is 0 Å². The van der Waals surface area contributed by atoms with Gasteiger partial charge in [0.05, 0.1) is 0 Å². The van der Waals surface area contributed by atoms with E-state index >= 15 is 0 Å². The Kier molecular flexibility index (Phi) is 5.35. The van der Waals surface area contributed by atoms with Crippen LogP contribution in [0.4, 0.5) is 0 Å². The Morgan fingerprint density at radius 1 is 1.18 bits per heavy atom. The van der Waals surface area contributed by atoms with Gasteiger partial charge in [0.25, 0.3) is 0 Å². The first kappa shape index (κ1) is 15.6. The number of hydrogen-bond donors (Lipinski definition) is 2. The van der Waals surface area contributed by atoms with E-state index in [0.29, 0.717) is 6.54 Å². The molecule has 0 atom stereocenters. The smallest absolute Gasteiger partial charge is 0.331 e. The number of carboxylic acids is 1. The zero-order valence-corrected chi connectivity index (χ0v) is 11.4. The average Bonchev–Trinajstić information content (AvgIpc) is 2.23. The highest BCUT2D eigenvalue weighted by Gasteiger charge is 2.22. The van der Waals surface area contributed by atoms with Crippen LogP contribution < -0.4 is 5.32 Å². The Morgan fingerprint density at radius 2 is 1.65 bits per heavy atom. The van der Waals surface area contributed by atoms with Gasteiger partial charge in [-0.25, -0.2) is 4.79 Å². The lowest BCUT2D eigenvalue weighted by Gasteiger charge is -2.32. The summed E-state index contributed by atoms with van der Waals surface area (Å²) in [5.74, 6) is -1.40. The van der Waals surface area contributed by atoms with E-state index in [0.717, 1.165) is 0 Å². The van der Waals surface area contributed by atoms with E-state index in [4.69, 9.17) is 5.11 Å². The Labute approximate surface area is 102 Å². The van der Waals surface area contributed by atoms with Crippen molar-refractivity contribution in [1.29, 1.82) is 0 Å². The molecule has 5 nitrogen and oxygen atoms in total. The van der Waals surface area contributed by atoms with Gasteiger partial charge in [-0.3, -0.25) is 4.79 Å². The number of aliphatic carboxylic acids is 1. The van der Waals surface area contributed by atoms with E-state index in [2.05, 4.69) is 5.32 Å². The maximum atomic E-state index is 11.7. The first-order valence-electron chi connectivity index (χ1n) is 5.46. The second-order valence-corrected chi connectivity index (χ2v) is 4.94. The number of carboxylic acid groups (broad SMARTS) is 1. The van der Waals surface area contributed by atoms with Crippen molar-refractivity contribution < 1.29 is 14.7 Å². The fourth-order valence-corrected chi connectivity index (χ4v) is 0.918. The molecule has 0 unspecified atom stereocenters. The fraction of sp³-hybridized carbons (Fsp3) is 0.667. The van der Waals surface area contributed by atoms with E-state index in [-0.39, 0.29) is 22.6 Å². The van der Waals surface area contributed by atoms with Crippen molar-refractivity contribution in [3.05, 3.63) is 11.1 Å². The van der Waals surface area contributed by atoms with E-state index in [9.17, 15) is 9.59 Å². The molecule has 0 radical (unpaired) electrons. The Bertz CT molecular complexity index is 344. The predicted molar refractivity (Wildman–Crippen MR) is 66.8 cm³/mol. The molecular formula is C12H22N2O3. The van der Waals surface area contributed by atoms with Crippen LogP contribution >= 0.6 is 0 Å². The maximum Gasteiger partial charge on any atom is 0.331 e. The number of nitrogens with one attached hydrogen (secondary N) is 1. The van der Waals surface area contributed by atoms with E-state index in [1.807, 2.05) is 32.8 Å². The summed E-state index contributed by atoms with van der Waals surface area (Å²) in [5.41, 5.74) is 0.143. The molecule has 0 aliphatic rings. The molecule has 0 aromatic carbocycles. The zero-order valence-electron chi connectivity index (χ0n) is 11.4. The molecule has 98 valence electrons. The molecule has 0 fully saturated rings. The van der Waals surface area contributed by atoms with Gasteiger partial charge >= 0.3 is 5.97 Å². The topological polar surface area (TPSA) is 69.6 Å². The summed E-state index contributed by atoms with van der Waals surface area (Å²) >= 11 is 0. The molecule has 0 rings (SSSR count). The largest absolute Gasteiger partial charge is 0.478 e. The van der Waals surface area contributed by atoms with E-state index in [1.54, 1.807) is 0 Å². The summed E-state index contributed by atoms with van der Waals surface area (Å²) in [6.07, 6.45) is 0. The van der Waals surface area contributed by atoms with Crippen LogP contribution in [-0.2, 0) is 9.59 Å². The summed E-state index contributed by atoms with van der Waals surface area (Å²) in [6, 6.07) is 0. The first-order valence-corrected chi connectivity index (χ1v) is 5.46. The van der Waals surface area contributed by atoms with Gasteiger partial charge < -0.3 is 15.3 Å². The molecule has 17 heavy (non-hydrogen) atoms. The quantitative estimate of drug-likeness (QED) is 0.702. The molecule has 0 aliphatic carbocycles. The highest BCUT2D eigenvalue weighted by Crippen LogP contribution is 2.09. The van der Waals surface area contributed by atoms with Crippen molar-refractivity contribution in [3.63, 3.8) is 0 Å². The second-order valence-electron chi connectivity index (χ2n) is 4.94. The molecule has 5 heteroatoms. The van der Waals surface area contributed by atoms with Crippen molar-refractivity contribution in [2.45, 2.75) is 33.2 Å². The van der Waals surface area contributed by atoms with Gasteiger partial charge in [0.2, 0.25) is 5.91 Å². The number of likely N-dealkylation sites (N-methyl/N-ethyl adjacent to an activating group) is 1. The minimum Gasteiger partial charge on any atom is -0.478 e. The average molecular weight is 242 g/mol. The third kappa shape index (κ3) is 4.56. The van der Waals surface area contributed by atoms with Crippen LogP contribution in [0.25, 0.3) is 0 Å². The van der Waals surface area contributed by atoms with Crippen LogP contribution in [-0.4, -0.2) is 48.1 Å². The van der Waals surface area contributed by atoms with Crippen molar-refractivity contribution in [2.24, 2.45) is 0 Å². The van der Waals surface area contributed by atoms with E-state index in [1.165, 1.54) is 13.8 Å². The number of hydrogen-bond acceptors (Lipinski definition) is 3. The first-order chi connectivity index (χ1) is 7.59. The second kappa shape index (κ2) is 5.82. The minimum absolute atomic E-state index is 0.0742. The summed E-state index contributed by atoms with van der Waals surface area (Å²) in [4.78, 5) is 24.4.